The molecule has 0 aromatic heterocycles. The standard InChI is InChI=1S/C13H23N3O2/c1-8(2)5-12(17)16-7-10(14)6-11(16)13(18)15-9(3)4/h5,9-11H,6-7,14H2,1-4H3,(H,15,18)/t10-,11+/m1/s1. The molecule has 0 aromatic carbocycles. The summed E-state index contributed by atoms with van der Waals surface area (Å²) in [6, 6.07) is -0.498. The SMILES string of the molecule is CC(C)=CC(=O)N1C[C@H](N)C[C@H]1C(=O)NC(C)C. The average Bonchev–Trinajstić information content (AvgIpc) is 2.58. The third-order valence-corrected chi connectivity index (χ3v) is 2.76. The minimum atomic E-state index is -0.439. The fraction of sp³-hybridized carbons (Fsp3) is 0.692. The van der Waals surface area contributed by atoms with Gasteiger partial charge in [-0.3, -0.25) is 9.59 Å². The van der Waals surface area contributed by atoms with E-state index in [2.05, 4.69) is 5.32 Å². The van der Waals surface area contributed by atoms with E-state index in [-0.39, 0.29) is 23.9 Å². The summed E-state index contributed by atoms with van der Waals surface area (Å²) in [6.07, 6.45) is 2.08. The van der Waals surface area contributed by atoms with Crippen LogP contribution >= 0.6 is 0 Å². The van der Waals surface area contributed by atoms with Crippen LogP contribution in [0.25, 0.3) is 0 Å². The van der Waals surface area contributed by atoms with Gasteiger partial charge >= 0.3 is 0 Å². The Morgan fingerprint density at radius 1 is 1.39 bits per heavy atom. The molecular formula is C13H23N3O2. The summed E-state index contributed by atoms with van der Waals surface area (Å²) in [5.74, 6) is -0.250. The number of hydrogen-bond donors (Lipinski definition) is 2. The number of carbonyl (C=O) groups is 2. The van der Waals surface area contributed by atoms with Gasteiger partial charge in [-0.15, -0.1) is 0 Å². The molecule has 18 heavy (non-hydrogen) atoms. The van der Waals surface area contributed by atoms with Gasteiger partial charge in [-0.1, -0.05) is 5.57 Å². The lowest BCUT2D eigenvalue weighted by atomic mass is 10.1. The number of nitrogens with two attached hydrogens (primary N) is 1. The molecule has 1 saturated heterocycles. The summed E-state index contributed by atoms with van der Waals surface area (Å²) in [7, 11) is 0. The summed E-state index contributed by atoms with van der Waals surface area (Å²) in [5.41, 5.74) is 6.78. The van der Waals surface area contributed by atoms with Crippen LogP contribution in [0.4, 0.5) is 0 Å². The van der Waals surface area contributed by atoms with Gasteiger partial charge < -0.3 is 16.0 Å². The van der Waals surface area contributed by atoms with Crippen molar-refractivity contribution in [2.24, 2.45) is 5.73 Å². The maximum absolute atomic E-state index is 12.0. The Hall–Kier alpha value is -1.36. The largest absolute Gasteiger partial charge is 0.352 e. The van der Waals surface area contributed by atoms with E-state index in [9.17, 15) is 9.59 Å². The quantitative estimate of drug-likeness (QED) is 0.715. The highest BCUT2D eigenvalue weighted by Crippen LogP contribution is 2.18. The number of allylic oxidation sites excluding steroid dienone is 1. The van der Waals surface area contributed by atoms with Crippen molar-refractivity contribution in [2.45, 2.75) is 52.2 Å². The lowest BCUT2D eigenvalue weighted by molar-refractivity contribution is -0.135. The maximum atomic E-state index is 12.0. The van der Waals surface area contributed by atoms with Crippen molar-refractivity contribution in [1.29, 1.82) is 0 Å². The van der Waals surface area contributed by atoms with Crippen LogP contribution < -0.4 is 11.1 Å². The highest BCUT2D eigenvalue weighted by atomic mass is 16.2. The van der Waals surface area contributed by atoms with Crippen LogP contribution in [0.5, 0.6) is 0 Å². The molecule has 1 rings (SSSR count). The average molecular weight is 253 g/mol. The molecular weight excluding hydrogens is 230 g/mol. The third-order valence-electron chi connectivity index (χ3n) is 2.76. The summed E-state index contributed by atoms with van der Waals surface area (Å²) in [4.78, 5) is 25.6. The molecule has 5 nitrogen and oxygen atoms in total. The van der Waals surface area contributed by atoms with E-state index < -0.39 is 6.04 Å². The number of likely N-dealkylation sites (tertiary alicyclic amines) is 1. The van der Waals surface area contributed by atoms with Crippen molar-refractivity contribution >= 4 is 11.8 Å². The minimum absolute atomic E-state index is 0.0646. The molecule has 2 amide bonds. The molecule has 0 spiro atoms. The number of hydrogen-bond acceptors (Lipinski definition) is 3. The first-order valence-electron chi connectivity index (χ1n) is 6.32. The summed E-state index contributed by atoms with van der Waals surface area (Å²) in [5, 5.41) is 2.83. The number of nitrogens with one attached hydrogen (secondary N) is 1. The molecule has 0 aromatic rings. The van der Waals surface area contributed by atoms with Crippen LogP contribution in [0, 0.1) is 0 Å². The Balaban J connectivity index is 2.79. The molecule has 0 saturated carbocycles. The van der Waals surface area contributed by atoms with Crippen molar-refractivity contribution in [1.82, 2.24) is 10.2 Å². The fourth-order valence-corrected chi connectivity index (χ4v) is 2.07. The smallest absolute Gasteiger partial charge is 0.247 e. The second kappa shape index (κ2) is 6.00. The Morgan fingerprint density at radius 2 is 2.00 bits per heavy atom. The molecule has 1 aliphatic heterocycles. The first-order chi connectivity index (χ1) is 8.31. The van der Waals surface area contributed by atoms with Gasteiger partial charge in [-0.05, 0) is 34.1 Å². The Morgan fingerprint density at radius 3 is 2.50 bits per heavy atom. The van der Waals surface area contributed by atoms with Crippen LogP contribution in [0.15, 0.2) is 11.6 Å². The Labute approximate surface area is 108 Å². The molecule has 5 heteroatoms. The van der Waals surface area contributed by atoms with E-state index >= 15 is 0 Å². The molecule has 102 valence electrons. The second-order valence-corrected chi connectivity index (χ2v) is 5.39. The van der Waals surface area contributed by atoms with E-state index in [0.29, 0.717) is 13.0 Å². The monoisotopic (exact) mass is 253 g/mol. The van der Waals surface area contributed by atoms with Gasteiger partial charge in [0.25, 0.3) is 0 Å². The molecule has 0 aliphatic carbocycles. The van der Waals surface area contributed by atoms with E-state index in [1.807, 2.05) is 27.7 Å². The highest BCUT2D eigenvalue weighted by Gasteiger charge is 2.37. The van der Waals surface area contributed by atoms with Gasteiger partial charge in [0.05, 0.1) is 0 Å². The molecule has 2 atom stereocenters. The topological polar surface area (TPSA) is 75.4 Å². The van der Waals surface area contributed by atoms with Gasteiger partial charge in [0, 0.05) is 24.7 Å². The van der Waals surface area contributed by atoms with Crippen molar-refractivity contribution < 1.29 is 9.59 Å². The lowest BCUT2D eigenvalue weighted by Gasteiger charge is -2.23. The summed E-state index contributed by atoms with van der Waals surface area (Å²) >= 11 is 0. The summed E-state index contributed by atoms with van der Waals surface area (Å²) in [6.45, 7) is 7.96. The number of rotatable bonds is 3. The normalized spacial score (nSPS) is 23.1. The maximum Gasteiger partial charge on any atom is 0.247 e. The molecule has 1 heterocycles. The fourth-order valence-electron chi connectivity index (χ4n) is 2.07. The third kappa shape index (κ3) is 3.84. The number of carbonyl (C=O) groups excluding carboxylic acids is 2. The molecule has 0 unspecified atom stereocenters. The zero-order chi connectivity index (χ0) is 13.9. The molecule has 1 aliphatic rings. The van der Waals surface area contributed by atoms with Crippen molar-refractivity contribution in [3.63, 3.8) is 0 Å². The zero-order valence-electron chi connectivity index (χ0n) is 11.6. The predicted molar refractivity (Wildman–Crippen MR) is 70.8 cm³/mol. The van der Waals surface area contributed by atoms with Gasteiger partial charge in [0.1, 0.15) is 6.04 Å². The molecule has 1 fully saturated rings. The van der Waals surface area contributed by atoms with Crippen molar-refractivity contribution in [3.8, 4) is 0 Å². The van der Waals surface area contributed by atoms with Crippen LogP contribution in [0.3, 0.4) is 0 Å². The van der Waals surface area contributed by atoms with Crippen molar-refractivity contribution in [2.75, 3.05) is 6.54 Å². The first-order valence-corrected chi connectivity index (χ1v) is 6.32. The van der Waals surface area contributed by atoms with E-state index in [0.717, 1.165) is 5.57 Å². The van der Waals surface area contributed by atoms with Gasteiger partial charge in [0.15, 0.2) is 0 Å². The number of amides is 2. The van der Waals surface area contributed by atoms with Gasteiger partial charge in [0.2, 0.25) is 11.8 Å². The Kier molecular flexibility index (Phi) is 4.90. The van der Waals surface area contributed by atoms with Gasteiger partial charge in [-0.2, -0.15) is 0 Å². The van der Waals surface area contributed by atoms with Gasteiger partial charge in [-0.25, -0.2) is 0 Å². The number of nitrogens with zero attached hydrogens (tertiary/aromatic N) is 1. The Bertz CT molecular complexity index is 359. The van der Waals surface area contributed by atoms with E-state index in [4.69, 9.17) is 5.73 Å². The minimum Gasteiger partial charge on any atom is -0.352 e. The van der Waals surface area contributed by atoms with E-state index in [1.54, 1.807) is 11.0 Å². The van der Waals surface area contributed by atoms with Crippen LogP contribution in [0.1, 0.15) is 34.1 Å². The molecule has 0 bridgehead atoms. The van der Waals surface area contributed by atoms with Crippen molar-refractivity contribution in [3.05, 3.63) is 11.6 Å². The predicted octanol–water partition coefficient (Wildman–Crippen LogP) is 0.405. The lowest BCUT2D eigenvalue weighted by Crippen LogP contribution is -2.47. The van der Waals surface area contributed by atoms with Crippen LogP contribution in [-0.4, -0.2) is 41.4 Å². The highest BCUT2D eigenvalue weighted by molar-refractivity contribution is 5.94. The molecule has 0 radical (unpaired) electrons. The second-order valence-electron chi connectivity index (χ2n) is 5.39. The van der Waals surface area contributed by atoms with Crippen LogP contribution in [-0.2, 0) is 9.59 Å². The van der Waals surface area contributed by atoms with E-state index in [1.165, 1.54) is 0 Å². The summed E-state index contributed by atoms with van der Waals surface area (Å²) < 4.78 is 0. The van der Waals surface area contributed by atoms with Crippen LogP contribution in [0.2, 0.25) is 0 Å². The zero-order valence-corrected chi connectivity index (χ0v) is 11.6. The first kappa shape index (κ1) is 14.7. The molecule has 3 N–H and O–H groups in total.